The number of nitro benzene ring substituents is 1. The van der Waals surface area contributed by atoms with Crippen molar-refractivity contribution in [2.45, 2.75) is 13.3 Å². The molecule has 1 heterocycles. The smallest absolute Gasteiger partial charge is 0.271 e. The minimum Gasteiger partial charge on any atom is -0.307 e. The molecule has 8 nitrogen and oxygen atoms in total. The van der Waals surface area contributed by atoms with E-state index in [2.05, 4.69) is 4.72 Å². The zero-order valence-electron chi connectivity index (χ0n) is 14.0. The lowest BCUT2D eigenvalue weighted by molar-refractivity contribution is -0.384. The first-order valence-electron chi connectivity index (χ1n) is 8.00. The Kier molecular flexibility index (Phi) is 4.64. The summed E-state index contributed by atoms with van der Waals surface area (Å²) in [5, 5.41) is 11.0. The van der Waals surface area contributed by atoms with Gasteiger partial charge in [0.15, 0.2) is 0 Å². The summed E-state index contributed by atoms with van der Waals surface area (Å²) in [4.78, 5) is 24.8. The maximum absolute atomic E-state index is 12.9. The van der Waals surface area contributed by atoms with Crippen LogP contribution in [0, 0.1) is 10.1 Å². The number of nitrogens with zero attached hydrogens (tertiary/aromatic N) is 2. The van der Waals surface area contributed by atoms with E-state index >= 15 is 0 Å². The van der Waals surface area contributed by atoms with Gasteiger partial charge in [-0.2, -0.15) is 0 Å². The Bertz CT molecular complexity index is 988. The van der Waals surface area contributed by atoms with Crippen molar-refractivity contribution in [1.82, 2.24) is 0 Å². The first kappa shape index (κ1) is 17.9. The summed E-state index contributed by atoms with van der Waals surface area (Å²) in [6.07, 6.45) is 0.612. The zero-order valence-corrected chi connectivity index (χ0v) is 14.8. The molecule has 0 saturated heterocycles. The average molecular weight is 375 g/mol. The van der Waals surface area contributed by atoms with Crippen molar-refractivity contribution in [2.75, 3.05) is 21.9 Å². The lowest BCUT2D eigenvalue weighted by Gasteiger charge is -2.18. The highest BCUT2D eigenvalue weighted by molar-refractivity contribution is 7.92. The summed E-state index contributed by atoms with van der Waals surface area (Å²) in [6.45, 7) is 1.94. The van der Waals surface area contributed by atoms with Crippen molar-refractivity contribution in [3.63, 3.8) is 0 Å². The van der Waals surface area contributed by atoms with Gasteiger partial charge in [-0.3, -0.25) is 19.6 Å². The summed E-state index contributed by atoms with van der Waals surface area (Å²) in [7, 11) is -3.45. The Morgan fingerprint density at radius 3 is 2.73 bits per heavy atom. The number of anilines is 2. The van der Waals surface area contributed by atoms with Crippen LogP contribution in [0.25, 0.3) is 0 Å². The standard InChI is InChI=1S/C17H17N3O5S/c1-2-26(24,25)18-14-5-3-4-13(10-14)17(21)19-9-8-12-6-7-15(20(22)23)11-16(12)19/h3-7,10-11,18H,2,8-9H2,1H3. The van der Waals surface area contributed by atoms with Crippen molar-refractivity contribution in [3.05, 3.63) is 63.7 Å². The topological polar surface area (TPSA) is 110 Å². The highest BCUT2D eigenvalue weighted by Crippen LogP contribution is 2.33. The van der Waals surface area contributed by atoms with Gasteiger partial charge in [-0.05, 0) is 37.1 Å². The number of rotatable bonds is 5. The van der Waals surface area contributed by atoms with Gasteiger partial charge < -0.3 is 4.90 Å². The van der Waals surface area contributed by atoms with Gasteiger partial charge in [0.05, 0.1) is 16.4 Å². The van der Waals surface area contributed by atoms with Crippen molar-refractivity contribution < 1.29 is 18.1 Å². The Morgan fingerprint density at radius 1 is 1.27 bits per heavy atom. The second-order valence-corrected chi connectivity index (χ2v) is 7.87. The summed E-state index contributed by atoms with van der Waals surface area (Å²) in [5.41, 5.74) is 1.92. The highest BCUT2D eigenvalue weighted by Gasteiger charge is 2.27. The van der Waals surface area contributed by atoms with E-state index in [9.17, 15) is 23.3 Å². The molecular formula is C17H17N3O5S. The van der Waals surface area contributed by atoms with Crippen molar-refractivity contribution in [2.24, 2.45) is 0 Å². The second-order valence-electron chi connectivity index (χ2n) is 5.86. The van der Waals surface area contributed by atoms with Gasteiger partial charge in [0.1, 0.15) is 0 Å². The molecule has 0 aliphatic carbocycles. The maximum atomic E-state index is 12.9. The number of hydrogen-bond acceptors (Lipinski definition) is 5. The summed E-state index contributed by atoms with van der Waals surface area (Å²) in [6, 6.07) is 10.7. The number of sulfonamides is 1. The van der Waals surface area contributed by atoms with Crippen LogP contribution in [0.4, 0.5) is 17.1 Å². The number of fused-ring (bicyclic) bond motifs is 1. The minimum atomic E-state index is -3.45. The molecule has 0 bridgehead atoms. The van der Waals surface area contributed by atoms with Crippen molar-refractivity contribution >= 4 is 33.0 Å². The fraction of sp³-hybridized carbons (Fsp3) is 0.235. The van der Waals surface area contributed by atoms with Crippen molar-refractivity contribution in [3.8, 4) is 0 Å². The zero-order chi connectivity index (χ0) is 18.9. The first-order chi connectivity index (χ1) is 12.3. The molecule has 2 aromatic rings. The third kappa shape index (κ3) is 3.52. The minimum absolute atomic E-state index is 0.0751. The monoisotopic (exact) mass is 375 g/mol. The third-order valence-electron chi connectivity index (χ3n) is 4.18. The molecule has 1 aliphatic rings. The van der Waals surface area contributed by atoms with Crippen LogP contribution in [0.2, 0.25) is 0 Å². The Morgan fingerprint density at radius 2 is 2.04 bits per heavy atom. The normalized spacial score (nSPS) is 13.3. The molecule has 0 atom stereocenters. The molecule has 1 N–H and O–H groups in total. The number of nitro groups is 1. The molecule has 0 spiro atoms. The van der Waals surface area contributed by atoms with E-state index in [1.165, 1.54) is 30.0 Å². The molecule has 0 fully saturated rings. The van der Waals surface area contributed by atoms with Gasteiger partial charge in [0.25, 0.3) is 11.6 Å². The number of hydrogen-bond donors (Lipinski definition) is 1. The fourth-order valence-electron chi connectivity index (χ4n) is 2.82. The largest absolute Gasteiger partial charge is 0.307 e. The maximum Gasteiger partial charge on any atom is 0.271 e. The predicted octanol–water partition coefficient (Wildman–Crippen LogP) is 2.56. The van der Waals surface area contributed by atoms with Gasteiger partial charge in [-0.1, -0.05) is 12.1 Å². The van der Waals surface area contributed by atoms with Crippen LogP contribution in [-0.4, -0.2) is 31.5 Å². The molecule has 0 aromatic heterocycles. The number of non-ortho nitro benzene ring substituents is 1. The van der Waals surface area contributed by atoms with Gasteiger partial charge in [-0.15, -0.1) is 0 Å². The Labute approximate surface area is 150 Å². The highest BCUT2D eigenvalue weighted by atomic mass is 32.2. The van der Waals surface area contributed by atoms with E-state index in [-0.39, 0.29) is 17.3 Å². The molecule has 0 saturated carbocycles. The number of amides is 1. The van der Waals surface area contributed by atoms with Crippen molar-refractivity contribution in [1.29, 1.82) is 0 Å². The van der Waals surface area contributed by atoms with E-state index in [0.29, 0.717) is 29.9 Å². The molecular weight excluding hydrogens is 358 g/mol. The van der Waals surface area contributed by atoms with Gasteiger partial charge in [0, 0.05) is 29.9 Å². The number of nitrogens with one attached hydrogen (secondary N) is 1. The molecule has 136 valence electrons. The fourth-order valence-corrected chi connectivity index (χ4v) is 3.45. The molecule has 1 amide bonds. The average Bonchev–Trinajstić information content (AvgIpc) is 3.04. The number of benzene rings is 2. The van der Waals surface area contributed by atoms with E-state index in [1.54, 1.807) is 24.3 Å². The SMILES string of the molecule is CCS(=O)(=O)Nc1cccc(C(=O)N2CCc3ccc([N+](=O)[O-])cc32)c1. The van der Waals surface area contributed by atoms with Crippen LogP contribution in [0.15, 0.2) is 42.5 Å². The Hall–Kier alpha value is -2.94. The lowest BCUT2D eigenvalue weighted by atomic mass is 10.1. The molecule has 0 unspecified atom stereocenters. The van der Waals surface area contributed by atoms with E-state index in [4.69, 9.17) is 0 Å². The molecule has 9 heteroatoms. The van der Waals surface area contributed by atoms with Crippen LogP contribution < -0.4 is 9.62 Å². The predicted molar refractivity (Wildman–Crippen MR) is 98.0 cm³/mol. The first-order valence-corrected chi connectivity index (χ1v) is 9.65. The molecule has 1 aliphatic heterocycles. The Balaban J connectivity index is 1.90. The van der Waals surface area contributed by atoms with E-state index in [0.717, 1.165) is 5.56 Å². The molecule has 0 radical (unpaired) electrons. The van der Waals surface area contributed by atoms with Crippen LogP contribution in [0.1, 0.15) is 22.8 Å². The molecule has 26 heavy (non-hydrogen) atoms. The second kappa shape index (κ2) is 6.75. The van der Waals surface area contributed by atoms with Gasteiger partial charge in [-0.25, -0.2) is 8.42 Å². The number of carbonyl (C=O) groups excluding carboxylic acids is 1. The van der Waals surface area contributed by atoms with Gasteiger partial charge in [0.2, 0.25) is 10.0 Å². The van der Waals surface area contributed by atoms with Crippen LogP contribution in [0.5, 0.6) is 0 Å². The summed E-state index contributed by atoms with van der Waals surface area (Å²) >= 11 is 0. The quantitative estimate of drug-likeness (QED) is 0.638. The number of carbonyl (C=O) groups is 1. The van der Waals surface area contributed by atoms with E-state index < -0.39 is 14.9 Å². The van der Waals surface area contributed by atoms with E-state index in [1.807, 2.05) is 0 Å². The third-order valence-corrected chi connectivity index (χ3v) is 5.49. The summed E-state index contributed by atoms with van der Waals surface area (Å²) < 4.78 is 25.8. The van der Waals surface area contributed by atoms with Crippen LogP contribution in [-0.2, 0) is 16.4 Å². The van der Waals surface area contributed by atoms with Gasteiger partial charge >= 0.3 is 0 Å². The lowest BCUT2D eigenvalue weighted by Crippen LogP contribution is -2.29. The van der Waals surface area contributed by atoms with Crippen LogP contribution >= 0.6 is 0 Å². The molecule has 2 aromatic carbocycles. The van der Waals surface area contributed by atoms with Crippen LogP contribution in [0.3, 0.4) is 0 Å². The summed E-state index contributed by atoms with van der Waals surface area (Å²) in [5.74, 6) is -0.407. The molecule has 3 rings (SSSR count).